The topological polar surface area (TPSA) is 95.5 Å². The molecule has 4 fully saturated rings. The van der Waals surface area contributed by atoms with Crippen molar-refractivity contribution in [2.75, 3.05) is 5.32 Å². The molecular formula is C24H28N2O4S. The largest absolute Gasteiger partial charge is 0.390 e. The highest BCUT2D eigenvalue weighted by Gasteiger charge is 2.57. The third-order valence-electron chi connectivity index (χ3n) is 7.34. The van der Waals surface area contributed by atoms with Gasteiger partial charge in [-0.2, -0.15) is 0 Å². The summed E-state index contributed by atoms with van der Waals surface area (Å²) in [6, 6.07) is 13.2. The lowest BCUT2D eigenvalue weighted by Gasteiger charge is -2.60. The number of aliphatic hydroxyl groups is 1. The first-order valence-corrected chi connectivity index (χ1v) is 12.4. The molecule has 0 aliphatic heterocycles. The van der Waals surface area contributed by atoms with Crippen molar-refractivity contribution in [1.29, 1.82) is 0 Å². The van der Waals surface area contributed by atoms with Crippen LogP contribution in [0.4, 0.5) is 10.5 Å². The Labute approximate surface area is 183 Å². The van der Waals surface area contributed by atoms with Crippen LogP contribution in [0.3, 0.4) is 0 Å². The minimum absolute atomic E-state index is 0.0222. The quantitative estimate of drug-likeness (QED) is 0.667. The van der Waals surface area contributed by atoms with E-state index >= 15 is 0 Å². The molecule has 164 valence electrons. The monoisotopic (exact) mass is 440 g/mol. The van der Waals surface area contributed by atoms with Crippen molar-refractivity contribution in [3.63, 3.8) is 0 Å². The predicted molar refractivity (Wildman–Crippen MR) is 118 cm³/mol. The molecule has 0 aromatic heterocycles. The molecular weight excluding hydrogens is 412 g/mol. The normalized spacial score (nSPS) is 31.4. The zero-order valence-corrected chi connectivity index (χ0v) is 18.4. The summed E-state index contributed by atoms with van der Waals surface area (Å²) in [7, 11) is -3.93. The van der Waals surface area contributed by atoms with Gasteiger partial charge in [0.15, 0.2) is 0 Å². The van der Waals surface area contributed by atoms with E-state index in [1.165, 1.54) is 24.1 Å². The van der Waals surface area contributed by atoms with E-state index in [4.69, 9.17) is 0 Å². The SMILES string of the molecule is Cc1ccc(S(=O)(=O)NC(=O)Nc2ccc(C34CC5CC(CC(O)(C5)C3)C4)cc2)cc1. The fourth-order valence-corrected chi connectivity index (χ4v) is 7.42. The molecule has 4 saturated carbocycles. The highest BCUT2D eigenvalue weighted by Crippen LogP contribution is 2.62. The first kappa shape index (κ1) is 20.5. The Kier molecular flexibility index (Phi) is 4.68. The van der Waals surface area contributed by atoms with Crippen LogP contribution in [0.5, 0.6) is 0 Å². The molecule has 2 unspecified atom stereocenters. The van der Waals surface area contributed by atoms with Gasteiger partial charge in [0.25, 0.3) is 10.0 Å². The molecule has 2 amide bonds. The maximum absolute atomic E-state index is 12.4. The van der Waals surface area contributed by atoms with Crippen molar-refractivity contribution < 1.29 is 18.3 Å². The second-order valence-corrected chi connectivity index (χ2v) is 11.6. The van der Waals surface area contributed by atoms with Crippen molar-refractivity contribution >= 4 is 21.7 Å². The average Bonchev–Trinajstić information content (AvgIpc) is 2.66. The van der Waals surface area contributed by atoms with Crippen LogP contribution >= 0.6 is 0 Å². The second-order valence-electron chi connectivity index (χ2n) is 9.92. The Morgan fingerprint density at radius 1 is 0.968 bits per heavy atom. The van der Waals surface area contributed by atoms with Crippen molar-refractivity contribution in [3.8, 4) is 0 Å². The van der Waals surface area contributed by atoms with E-state index in [1.54, 1.807) is 12.1 Å². The molecule has 2 aromatic rings. The van der Waals surface area contributed by atoms with Gasteiger partial charge >= 0.3 is 6.03 Å². The Hall–Kier alpha value is -2.38. The maximum atomic E-state index is 12.4. The summed E-state index contributed by atoms with van der Waals surface area (Å²) in [5, 5.41) is 13.6. The van der Waals surface area contributed by atoms with Gasteiger partial charge in [-0.05, 0) is 92.5 Å². The molecule has 7 heteroatoms. The van der Waals surface area contributed by atoms with Crippen molar-refractivity contribution in [2.24, 2.45) is 11.8 Å². The van der Waals surface area contributed by atoms with Gasteiger partial charge in [0, 0.05) is 5.69 Å². The molecule has 2 atom stereocenters. The second kappa shape index (κ2) is 7.07. The van der Waals surface area contributed by atoms with Gasteiger partial charge in [-0.25, -0.2) is 17.9 Å². The van der Waals surface area contributed by atoms with Crippen LogP contribution in [-0.2, 0) is 15.4 Å². The molecule has 6 nitrogen and oxygen atoms in total. The number of sulfonamides is 1. The van der Waals surface area contributed by atoms with E-state index in [0.717, 1.165) is 37.7 Å². The summed E-state index contributed by atoms with van der Waals surface area (Å²) in [5.41, 5.74) is 2.18. The lowest BCUT2D eigenvalue weighted by atomic mass is 9.46. The number of hydrogen-bond donors (Lipinski definition) is 3. The molecule has 4 bridgehead atoms. The summed E-state index contributed by atoms with van der Waals surface area (Å²) < 4.78 is 26.8. The van der Waals surface area contributed by atoms with Gasteiger partial charge in [-0.1, -0.05) is 29.8 Å². The number of nitrogens with one attached hydrogen (secondary N) is 2. The Bertz CT molecular complexity index is 1100. The van der Waals surface area contributed by atoms with Gasteiger partial charge < -0.3 is 10.4 Å². The molecule has 0 saturated heterocycles. The highest BCUT2D eigenvalue weighted by atomic mass is 32.2. The Balaban J connectivity index is 1.28. The highest BCUT2D eigenvalue weighted by molar-refractivity contribution is 7.90. The van der Waals surface area contributed by atoms with Gasteiger partial charge in [-0.15, -0.1) is 0 Å². The minimum atomic E-state index is -3.93. The Morgan fingerprint density at radius 3 is 2.16 bits per heavy atom. The molecule has 4 aliphatic carbocycles. The maximum Gasteiger partial charge on any atom is 0.333 e. The number of anilines is 1. The van der Waals surface area contributed by atoms with Crippen molar-refractivity contribution in [2.45, 2.75) is 61.4 Å². The van der Waals surface area contributed by atoms with Crippen LogP contribution in [0.1, 0.15) is 49.7 Å². The van der Waals surface area contributed by atoms with Crippen LogP contribution in [0.15, 0.2) is 53.4 Å². The molecule has 0 radical (unpaired) electrons. The van der Waals surface area contributed by atoms with Crippen LogP contribution in [0.25, 0.3) is 0 Å². The predicted octanol–water partition coefficient (Wildman–Crippen LogP) is 4.09. The number of carbonyl (C=O) groups excluding carboxylic acids is 1. The molecule has 3 N–H and O–H groups in total. The first-order valence-electron chi connectivity index (χ1n) is 10.9. The number of carbonyl (C=O) groups is 1. The van der Waals surface area contributed by atoms with Gasteiger partial charge in [0.1, 0.15) is 0 Å². The summed E-state index contributed by atoms with van der Waals surface area (Å²) >= 11 is 0. The fraction of sp³-hybridized carbons (Fsp3) is 0.458. The summed E-state index contributed by atoms with van der Waals surface area (Å²) in [5.74, 6) is 1.20. The van der Waals surface area contributed by atoms with Crippen LogP contribution in [-0.4, -0.2) is 25.2 Å². The third kappa shape index (κ3) is 3.85. The number of hydrogen-bond acceptors (Lipinski definition) is 4. The lowest BCUT2D eigenvalue weighted by Crippen LogP contribution is -2.57. The fourth-order valence-electron chi connectivity index (χ4n) is 6.51. The molecule has 6 rings (SSSR count). The van der Waals surface area contributed by atoms with E-state index in [1.807, 2.05) is 31.2 Å². The number of rotatable bonds is 4. The number of amides is 2. The molecule has 31 heavy (non-hydrogen) atoms. The minimum Gasteiger partial charge on any atom is -0.390 e. The van der Waals surface area contributed by atoms with E-state index in [9.17, 15) is 18.3 Å². The lowest BCUT2D eigenvalue weighted by molar-refractivity contribution is -0.136. The number of benzene rings is 2. The average molecular weight is 441 g/mol. The van der Waals surface area contributed by atoms with E-state index in [2.05, 4.69) is 10.0 Å². The van der Waals surface area contributed by atoms with E-state index in [-0.39, 0.29) is 10.3 Å². The standard InChI is InChI=1S/C24H28N2O4S/c1-16-2-8-21(9-3-16)31(29,30)26-22(27)25-20-6-4-19(5-7-20)23-11-17-10-18(12-23)14-24(28,13-17)15-23/h2-9,17-18,28H,10-15H2,1H3,(H2,25,26,27). The van der Waals surface area contributed by atoms with Crippen LogP contribution in [0, 0.1) is 18.8 Å². The summed E-state index contributed by atoms with van der Waals surface area (Å²) in [4.78, 5) is 12.3. The van der Waals surface area contributed by atoms with E-state index in [0.29, 0.717) is 17.5 Å². The van der Waals surface area contributed by atoms with E-state index < -0.39 is 21.7 Å². The van der Waals surface area contributed by atoms with Crippen molar-refractivity contribution in [1.82, 2.24) is 4.72 Å². The number of aryl methyl sites for hydroxylation is 1. The molecule has 4 aliphatic rings. The zero-order valence-electron chi connectivity index (χ0n) is 17.6. The third-order valence-corrected chi connectivity index (χ3v) is 8.69. The summed E-state index contributed by atoms with van der Waals surface area (Å²) in [6.45, 7) is 1.87. The van der Waals surface area contributed by atoms with Crippen LogP contribution in [0.2, 0.25) is 0 Å². The smallest absolute Gasteiger partial charge is 0.333 e. The first-order chi connectivity index (χ1) is 14.6. The Morgan fingerprint density at radius 2 is 1.58 bits per heavy atom. The zero-order chi connectivity index (χ0) is 21.9. The van der Waals surface area contributed by atoms with Gasteiger partial charge in [0.05, 0.1) is 10.5 Å². The summed E-state index contributed by atoms with van der Waals surface area (Å²) in [6.07, 6.45) is 6.15. The number of urea groups is 1. The van der Waals surface area contributed by atoms with Crippen LogP contribution < -0.4 is 10.0 Å². The molecule has 2 aromatic carbocycles. The van der Waals surface area contributed by atoms with Crippen molar-refractivity contribution in [3.05, 3.63) is 59.7 Å². The molecule has 0 spiro atoms. The van der Waals surface area contributed by atoms with Gasteiger partial charge in [0.2, 0.25) is 0 Å². The molecule has 0 heterocycles. The van der Waals surface area contributed by atoms with Gasteiger partial charge in [-0.3, -0.25) is 0 Å².